The number of anilines is 1. The predicted molar refractivity (Wildman–Crippen MR) is 136 cm³/mol. The number of ketones is 1. The number of carbonyl (C=O) groups excluding carboxylic acids is 2. The number of carbonyl (C=O) groups is 2. The third-order valence-corrected chi connectivity index (χ3v) is 6.54. The summed E-state index contributed by atoms with van der Waals surface area (Å²) >= 11 is 6.35. The van der Waals surface area contributed by atoms with Gasteiger partial charge in [-0.1, -0.05) is 41.9 Å². The molecule has 5 rings (SSSR count). The molecule has 8 heteroatoms. The van der Waals surface area contributed by atoms with Crippen LogP contribution in [0.15, 0.2) is 82.5 Å². The van der Waals surface area contributed by atoms with Crippen LogP contribution in [0.25, 0.3) is 11.0 Å². The van der Waals surface area contributed by atoms with Crippen molar-refractivity contribution in [3.8, 4) is 11.5 Å². The molecule has 0 radical (unpaired) electrons. The Balaban J connectivity index is 1.69. The zero-order valence-electron chi connectivity index (χ0n) is 19.5. The molecule has 2 N–H and O–H groups in total. The number of benzene rings is 3. The van der Waals surface area contributed by atoms with Crippen LogP contribution in [0.1, 0.15) is 34.6 Å². The zero-order valence-corrected chi connectivity index (χ0v) is 20.2. The van der Waals surface area contributed by atoms with Crippen molar-refractivity contribution in [1.29, 1.82) is 0 Å². The topological polar surface area (TPSA) is 100 Å². The SMILES string of the molecule is CCOc1cc(C2C(C(=O)c3cc4ccccc4o3)=C(O)C(=O)N2c2ccc(C)c(Cl)c2)ccc1O. The highest BCUT2D eigenvalue weighted by atomic mass is 35.5. The second-order valence-electron chi connectivity index (χ2n) is 8.41. The fourth-order valence-electron chi connectivity index (χ4n) is 4.35. The van der Waals surface area contributed by atoms with E-state index in [1.54, 1.807) is 61.5 Å². The molecule has 1 aliphatic rings. The summed E-state index contributed by atoms with van der Waals surface area (Å²) in [6.07, 6.45) is 0. The maximum atomic E-state index is 13.7. The summed E-state index contributed by atoms with van der Waals surface area (Å²) in [6, 6.07) is 17.3. The lowest BCUT2D eigenvalue weighted by molar-refractivity contribution is -0.117. The van der Waals surface area contributed by atoms with Gasteiger partial charge in [0, 0.05) is 16.1 Å². The van der Waals surface area contributed by atoms with E-state index in [9.17, 15) is 19.8 Å². The van der Waals surface area contributed by atoms with Crippen molar-refractivity contribution < 1.29 is 29.0 Å². The lowest BCUT2D eigenvalue weighted by Crippen LogP contribution is -2.31. The van der Waals surface area contributed by atoms with Crippen LogP contribution in [-0.4, -0.2) is 28.5 Å². The lowest BCUT2D eigenvalue weighted by Gasteiger charge is -2.27. The molecule has 0 saturated heterocycles. The maximum Gasteiger partial charge on any atom is 0.294 e. The summed E-state index contributed by atoms with van der Waals surface area (Å²) in [5.41, 5.74) is 2.01. The Hall–Kier alpha value is -4.23. The summed E-state index contributed by atoms with van der Waals surface area (Å²) in [5.74, 6) is -1.99. The molecule has 0 saturated carbocycles. The Kier molecular flexibility index (Phi) is 5.94. The average Bonchev–Trinajstić information content (AvgIpc) is 3.41. The molecule has 1 unspecified atom stereocenters. The number of aliphatic hydroxyl groups is 1. The van der Waals surface area contributed by atoms with Crippen molar-refractivity contribution >= 4 is 39.9 Å². The van der Waals surface area contributed by atoms with Gasteiger partial charge in [0.05, 0.1) is 18.2 Å². The van der Waals surface area contributed by atoms with Gasteiger partial charge in [-0.25, -0.2) is 0 Å². The van der Waals surface area contributed by atoms with Gasteiger partial charge in [-0.3, -0.25) is 14.5 Å². The number of halogens is 1. The van der Waals surface area contributed by atoms with Crippen LogP contribution in [0.5, 0.6) is 11.5 Å². The molecule has 4 aromatic rings. The number of aryl methyl sites for hydroxylation is 1. The molecular formula is C28H22ClNO6. The number of hydrogen-bond acceptors (Lipinski definition) is 6. The van der Waals surface area contributed by atoms with Crippen molar-refractivity contribution in [2.45, 2.75) is 19.9 Å². The molecule has 2 heterocycles. The number of rotatable bonds is 6. The summed E-state index contributed by atoms with van der Waals surface area (Å²) in [4.78, 5) is 28.4. The van der Waals surface area contributed by atoms with Gasteiger partial charge in [0.25, 0.3) is 5.91 Å². The van der Waals surface area contributed by atoms with E-state index in [4.69, 9.17) is 20.8 Å². The standard InChI is InChI=1S/C28H22ClNO6/c1-3-35-22-13-17(9-11-20(22)31)25-24(26(32)23-12-16-6-4-5-7-21(16)36-23)27(33)28(34)30(25)18-10-8-15(2)19(29)14-18/h4-14,25,31,33H,3H2,1-2H3. The fourth-order valence-corrected chi connectivity index (χ4v) is 4.52. The first-order valence-electron chi connectivity index (χ1n) is 11.3. The first kappa shape index (κ1) is 23.5. The third kappa shape index (κ3) is 3.87. The first-order chi connectivity index (χ1) is 17.3. The maximum absolute atomic E-state index is 13.7. The van der Waals surface area contributed by atoms with Crippen molar-refractivity contribution in [2.75, 3.05) is 11.5 Å². The largest absolute Gasteiger partial charge is 0.504 e. The van der Waals surface area contributed by atoms with Gasteiger partial charge in [-0.05, 0) is 61.4 Å². The number of phenols is 1. The predicted octanol–water partition coefficient (Wildman–Crippen LogP) is 6.28. The van der Waals surface area contributed by atoms with Crippen LogP contribution in [0.3, 0.4) is 0 Å². The lowest BCUT2D eigenvalue weighted by atomic mass is 9.94. The van der Waals surface area contributed by atoms with Gasteiger partial charge >= 0.3 is 0 Å². The molecule has 182 valence electrons. The van der Waals surface area contributed by atoms with Crippen molar-refractivity contribution in [3.05, 3.63) is 100.0 Å². The van der Waals surface area contributed by atoms with Crippen LogP contribution in [0, 0.1) is 6.92 Å². The number of ether oxygens (including phenoxy) is 1. The summed E-state index contributed by atoms with van der Waals surface area (Å²) in [6.45, 7) is 3.90. The smallest absolute Gasteiger partial charge is 0.294 e. The number of Topliss-reactive ketones (excluding diaryl/α,β-unsaturated/α-hetero) is 1. The quantitative estimate of drug-likeness (QED) is 0.300. The van der Waals surface area contributed by atoms with Gasteiger partial charge in [0.1, 0.15) is 5.58 Å². The van der Waals surface area contributed by atoms with E-state index < -0.39 is 23.5 Å². The van der Waals surface area contributed by atoms with Gasteiger partial charge in [0.15, 0.2) is 23.0 Å². The number of nitrogens with zero attached hydrogens (tertiary/aromatic N) is 1. The Morgan fingerprint density at radius 1 is 1.08 bits per heavy atom. The number of hydrogen-bond donors (Lipinski definition) is 2. The monoisotopic (exact) mass is 503 g/mol. The molecule has 0 spiro atoms. The number of aliphatic hydroxyl groups excluding tert-OH is 1. The first-order valence-corrected chi connectivity index (χ1v) is 11.7. The van der Waals surface area contributed by atoms with Gasteiger partial charge in [0.2, 0.25) is 5.78 Å². The minimum atomic E-state index is -1.03. The molecule has 0 bridgehead atoms. The number of amides is 1. The second-order valence-corrected chi connectivity index (χ2v) is 8.82. The third-order valence-electron chi connectivity index (χ3n) is 6.14. The van der Waals surface area contributed by atoms with E-state index in [0.29, 0.717) is 33.8 Å². The Bertz CT molecular complexity index is 1520. The van der Waals surface area contributed by atoms with E-state index in [1.165, 1.54) is 11.0 Å². The van der Waals surface area contributed by atoms with E-state index in [-0.39, 0.29) is 22.8 Å². The Labute approximate surface area is 211 Å². The zero-order chi connectivity index (χ0) is 25.6. The van der Waals surface area contributed by atoms with Crippen LogP contribution in [0.4, 0.5) is 5.69 Å². The molecule has 3 aromatic carbocycles. The molecule has 36 heavy (non-hydrogen) atoms. The summed E-state index contributed by atoms with van der Waals surface area (Å²) < 4.78 is 11.3. The normalized spacial score (nSPS) is 15.7. The van der Waals surface area contributed by atoms with Gasteiger partial charge in [-0.2, -0.15) is 0 Å². The fraction of sp³-hybridized carbons (Fsp3) is 0.143. The minimum Gasteiger partial charge on any atom is -0.504 e. The highest BCUT2D eigenvalue weighted by Gasteiger charge is 2.45. The Morgan fingerprint density at radius 2 is 1.86 bits per heavy atom. The second kappa shape index (κ2) is 9.09. The number of aromatic hydroxyl groups is 1. The van der Waals surface area contributed by atoms with Crippen molar-refractivity contribution in [2.24, 2.45) is 0 Å². The van der Waals surface area contributed by atoms with Crippen LogP contribution < -0.4 is 9.64 Å². The molecule has 1 aliphatic heterocycles. The average molecular weight is 504 g/mol. The molecule has 7 nitrogen and oxygen atoms in total. The van der Waals surface area contributed by atoms with Gasteiger partial charge < -0.3 is 19.4 Å². The highest BCUT2D eigenvalue weighted by molar-refractivity contribution is 6.31. The van der Waals surface area contributed by atoms with Crippen LogP contribution >= 0.6 is 11.6 Å². The minimum absolute atomic E-state index is 0.0110. The molecule has 0 fully saturated rings. The van der Waals surface area contributed by atoms with Crippen LogP contribution in [-0.2, 0) is 4.79 Å². The number of furan rings is 1. The van der Waals surface area contributed by atoms with E-state index in [0.717, 1.165) is 5.56 Å². The molecular weight excluding hydrogens is 482 g/mol. The van der Waals surface area contributed by atoms with Gasteiger partial charge in [-0.15, -0.1) is 0 Å². The number of fused-ring (bicyclic) bond motifs is 1. The number of phenolic OH excluding ortho intramolecular Hbond substituents is 1. The molecule has 0 aliphatic carbocycles. The van der Waals surface area contributed by atoms with E-state index in [1.807, 2.05) is 13.0 Å². The van der Waals surface area contributed by atoms with E-state index in [2.05, 4.69) is 0 Å². The van der Waals surface area contributed by atoms with Crippen molar-refractivity contribution in [1.82, 2.24) is 0 Å². The van der Waals surface area contributed by atoms with Crippen LogP contribution in [0.2, 0.25) is 5.02 Å². The summed E-state index contributed by atoms with van der Waals surface area (Å²) in [7, 11) is 0. The molecule has 1 atom stereocenters. The molecule has 1 amide bonds. The molecule has 1 aromatic heterocycles. The highest BCUT2D eigenvalue weighted by Crippen LogP contribution is 2.44. The summed E-state index contributed by atoms with van der Waals surface area (Å²) in [5, 5.41) is 22.4. The van der Waals surface area contributed by atoms with E-state index >= 15 is 0 Å². The Morgan fingerprint density at radius 3 is 2.58 bits per heavy atom. The number of para-hydroxylation sites is 1. The van der Waals surface area contributed by atoms with Crippen molar-refractivity contribution in [3.63, 3.8) is 0 Å².